The quantitative estimate of drug-likeness (QED) is 0.785. The highest BCUT2D eigenvalue weighted by atomic mass is 19.1. The van der Waals surface area contributed by atoms with E-state index >= 15 is 0 Å². The minimum atomic E-state index is -0.559. The SMILES string of the molecule is CC1(C)OC[C@@H](CCCc2cc(OCc3ccccc3)c(F)cc2O)O1. The molecule has 26 heavy (non-hydrogen) atoms. The number of halogens is 1. The molecule has 140 valence electrons. The number of benzene rings is 2. The van der Waals surface area contributed by atoms with E-state index in [2.05, 4.69) is 0 Å². The Morgan fingerprint density at radius 1 is 1.23 bits per heavy atom. The molecule has 1 aliphatic rings. The monoisotopic (exact) mass is 360 g/mol. The molecule has 2 aromatic carbocycles. The van der Waals surface area contributed by atoms with E-state index in [-0.39, 0.29) is 24.2 Å². The molecule has 1 fully saturated rings. The number of aromatic hydroxyl groups is 1. The zero-order valence-corrected chi connectivity index (χ0v) is 15.2. The van der Waals surface area contributed by atoms with Crippen molar-refractivity contribution in [2.24, 2.45) is 0 Å². The zero-order valence-electron chi connectivity index (χ0n) is 15.2. The molecule has 1 saturated heterocycles. The lowest BCUT2D eigenvalue weighted by Crippen LogP contribution is -2.21. The van der Waals surface area contributed by atoms with Crippen molar-refractivity contribution >= 4 is 0 Å². The summed E-state index contributed by atoms with van der Waals surface area (Å²) < 4.78 is 31.0. The molecule has 0 aliphatic carbocycles. The van der Waals surface area contributed by atoms with Gasteiger partial charge in [-0.15, -0.1) is 0 Å². The summed E-state index contributed by atoms with van der Waals surface area (Å²) in [6.07, 6.45) is 2.30. The van der Waals surface area contributed by atoms with Crippen LogP contribution in [0, 0.1) is 5.82 Å². The largest absolute Gasteiger partial charge is 0.508 e. The number of hydrogen-bond donors (Lipinski definition) is 1. The fourth-order valence-electron chi connectivity index (χ4n) is 3.06. The van der Waals surface area contributed by atoms with Gasteiger partial charge in [0.1, 0.15) is 12.4 Å². The smallest absolute Gasteiger partial charge is 0.168 e. The minimum Gasteiger partial charge on any atom is -0.508 e. The highest BCUT2D eigenvalue weighted by Crippen LogP contribution is 2.30. The van der Waals surface area contributed by atoms with Gasteiger partial charge in [-0.05, 0) is 50.3 Å². The van der Waals surface area contributed by atoms with E-state index in [0.29, 0.717) is 18.6 Å². The van der Waals surface area contributed by atoms with Crippen molar-refractivity contribution in [1.29, 1.82) is 0 Å². The lowest BCUT2D eigenvalue weighted by molar-refractivity contribution is -0.139. The van der Waals surface area contributed by atoms with Crippen LogP contribution in [0.5, 0.6) is 11.5 Å². The molecule has 2 aromatic rings. The molecule has 1 atom stereocenters. The number of ether oxygens (including phenoxy) is 3. The normalized spacial score (nSPS) is 18.8. The van der Waals surface area contributed by atoms with E-state index in [1.807, 2.05) is 44.2 Å². The zero-order chi connectivity index (χ0) is 18.6. The summed E-state index contributed by atoms with van der Waals surface area (Å²) in [6.45, 7) is 4.66. The first-order valence-corrected chi connectivity index (χ1v) is 8.93. The molecule has 1 heterocycles. The van der Waals surface area contributed by atoms with Crippen LogP contribution in [0.3, 0.4) is 0 Å². The number of phenolic OH excluding ortho intramolecular Hbond substituents is 1. The molecule has 4 nitrogen and oxygen atoms in total. The van der Waals surface area contributed by atoms with Crippen LogP contribution in [0.25, 0.3) is 0 Å². The summed E-state index contributed by atoms with van der Waals surface area (Å²) >= 11 is 0. The summed E-state index contributed by atoms with van der Waals surface area (Å²) in [5.41, 5.74) is 1.63. The molecule has 0 saturated carbocycles. The van der Waals surface area contributed by atoms with Gasteiger partial charge in [-0.3, -0.25) is 0 Å². The van der Waals surface area contributed by atoms with Gasteiger partial charge in [-0.1, -0.05) is 30.3 Å². The van der Waals surface area contributed by atoms with Crippen LogP contribution >= 0.6 is 0 Å². The van der Waals surface area contributed by atoms with E-state index in [1.165, 1.54) is 0 Å². The Morgan fingerprint density at radius 3 is 2.69 bits per heavy atom. The Balaban J connectivity index is 1.57. The molecule has 0 spiro atoms. The first kappa shape index (κ1) is 18.7. The van der Waals surface area contributed by atoms with Crippen molar-refractivity contribution < 1.29 is 23.7 Å². The Labute approximate surface area is 153 Å². The topological polar surface area (TPSA) is 47.9 Å². The van der Waals surface area contributed by atoms with Crippen molar-refractivity contribution in [3.05, 3.63) is 59.4 Å². The molecule has 1 aliphatic heterocycles. The van der Waals surface area contributed by atoms with Crippen LogP contribution in [-0.2, 0) is 22.5 Å². The van der Waals surface area contributed by atoms with Gasteiger partial charge >= 0.3 is 0 Å². The number of rotatable bonds is 7. The lowest BCUT2D eigenvalue weighted by Gasteiger charge is -2.17. The molecular weight excluding hydrogens is 335 g/mol. The first-order chi connectivity index (χ1) is 12.4. The molecule has 1 N–H and O–H groups in total. The van der Waals surface area contributed by atoms with Gasteiger partial charge in [-0.2, -0.15) is 0 Å². The second-order valence-corrected chi connectivity index (χ2v) is 7.03. The highest BCUT2D eigenvalue weighted by Gasteiger charge is 2.32. The standard InChI is InChI=1S/C21H25FO4/c1-21(2)25-14-17(26-21)10-6-9-16-11-20(18(22)12-19(16)23)24-13-15-7-4-3-5-8-15/h3-5,7-8,11-12,17,23H,6,9-10,13-14H2,1-2H3/t17-/m1/s1. The molecule has 3 rings (SSSR count). The van der Waals surface area contributed by atoms with E-state index < -0.39 is 11.6 Å². The number of phenols is 1. The Hall–Kier alpha value is -2.11. The summed E-state index contributed by atoms with van der Waals surface area (Å²) in [5, 5.41) is 10.0. The number of aryl methyl sites for hydroxylation is 1. The van der Waals surface area contributed by atoms with Crippen LogP contribution in [0.15, 0.2) is 42.5 Å². The maximum atomic E-state index is 14.1. The van der Waals surface area contributed by atoms with Crippen LogP contribution in [-0.4, -0.2) is 23.6 Å². The summed E-state index contributed by atoms with van der Waals surface area (Å²) in [4.78, 5) is 0. The second kappa shape index (κ2) is 8.06. The van der Waals surface area contributed by atoms with E-state index in [9.17, 15) is 9.50 Å². The summed E-state index contributed by atoms with van der Waals surface area (Å²) in [7, 11) is 0. The van der Waals surface area contributed by atoms with Gasteiger partial charge in [0.25, 0.3) is 0 Å². The number of hydrogen-bond acceptors (Lipinski definition) is 4. The van der Waals surface area contributed by atoms with Crippen LogP contribution in [0.1, 0.15) is 37.8 Å². The van der Waals surface area contributed by atoms with Crippen molar-refractivity contribution in [3.63, 3.8) is 0 Å². The predicted octanol–water partition coefficient (Wildman–Crippen LogP) is 4.58. The van der Waals surface area contributed by atoms with Crippen LogP contribution in [0.2, 0.25) is 0 Å². The first-order valence-electron chi connectivity index (χ1n) is 8.93. The van der Waals surface area contributed by atoms with Crippen molar-refractivity contribution in [3.8, 4) is 11.5 Å². The van der Waals surface area contributed by atoms with Crippen LogP contribution < -0.4 is 4.74 Å². The third kappa shape index (κ3) is 4.96. The van der Waals surface area contributed by atoms with Gasteiger partial charge in [0.15, 0.2) is 17.4 Å². The van der Waals surface area contributed by atoms with Crippen LogP contribution in [0.4, 0.5) is 4.39 Å². The Kier molecular flexibility index (Phi) is 5.79. The predicted molar refractivity (Wildman–Crippen MR) is 96.7 cm³/mol. The average Bonchev–Trinajstić information content (AvgIpc) is 2.95. The van der Waals surface area contributed by atoms with Gasteiger partial charge < -0.3 is 19.3 Å². The van der Waals surface area contributed by atoms with Crippen molar-refractivity contribution in [1.82, 2.24) is 0 Å². The molecular formula is C21H25FO4. The van der Waals surface area contributed by atoms with Crippen molar-refractivity contribution in [2.45, 2.75) is 51.6 Å². The summed E-state index contributed by atoms with van der Waals surface area (Å²) in [5.74, 6) is -0.973. The fourth-order valence-corrected chi connectivity index (χ4v) is 3.06. The molecule has 0 unspecified atom stereocenters. The Bertz CT molecular complexity index is 730. The van der Waals surface area contributed by atoms with Gasteiger partial charge in [0.05, 0.1) is 12.7 Å². The van der Waals surface area contributed by atoms with Crippen molar-refractivity contribution in [2.75, 3.05) is 6.61 Å². The average molecular weight is 360 g/mol. The summed E-state index contributed by atoms with van der Waals surface area (Å²) in [6, 6.07) is 12.3. The third-order valence-corrected chi connectivity index (χ3v) is 4.41. The molecule has 0 bridgehead atoms. The van der Waals surface area contributed by atoms with E-state index in [0.717, 1.165) is 24.5 Å². The molecule has 5 heteroatoms. The lowest BCUT2D eigenvalue weighted by atomic mass is 10.0. The van der Waals surface area contributed by atoms with Gasteiger partial charge in [0.2, 0.25) is 0 Å². The van der Waals surface area contributed by atoms with Gasteiger partial charge in [0, 0.05) is 6.07 Å². The maximum absolute atomic E-state index is 14.1. The minimum absolute atomic E-state index is 0.0431. The molecule has 0 amide bonds. The van der Waals surface area contributed by atoms with E-state index in [1.54, 1.807) is 6.07 Å². The maximum Gasteiger partial charge on any atom is 0.168 e. The third-order valence-electron chi connectivity index (χ3n) is 4.41. The fraction of sp³-hybridized carbons (Fsp3) is 0.429. The Morgan fingerprint density at radius 2 is 2.00 bits per heavy atom. The molecule has 0 radical (unpaired) electrons. The van der Waals surface area contributed by atoms with Gasteiger partial charge in [-0.25, -0.2) is 4.39 Å². The highest BCUT2D eigenvalue weighted by molar-refractivity contribution is 5.40. The molecule has 0 aromatic heterocycles. The van der Waals surface area contributed by atoms with E-state index in [4.69, 9.17) is 14.2 Å². The second-order valence-electron chi connectivity index (χ2n) is 7.03.